The van der Waals surface area contributed by atoms with Gasteiger partial charge in [-0.25, -0.2) is 4.79 Å². The molecule has 118 valence electrons. The molecule has 0 atom stereocenters. The zero-order valence-corrected chi connectivity index (χ0v) is 15.0. The zero-order valence-electron chi connectivity index (χ0n) is 12.6. The Hall–Kier alpha value is -0.730. The van der Waals surface area contributed by atoms with E-state index in [0.717, 1.165) is 44.9 Å². The average Bonchev–Trinajstić information content (AvgIpc) is 2.44. The quantitative estimate of drug-likeness (QED) is 0.431. The number of rotatable bonds is 4. The monoisotopic (exact) mass is 398 g/mol. The van der Waals surface area contributed by atoms with E-state index in [1.807, 2.05) is 6.92 Å². The van der Waals surface area contributed by atoms with Gasteiger partial charge in [0.1, 0.15) is 0 Å². The standard InChI is InChI=1S/C13H26N4O2.HI/c1-4-8-15-12(14-3)16-11-6-9-17(10-7-11)13(18)19-5-2;/h11H,4-10H2,1-3H3,(H2,14,15,16);1H. The minimum Gasteiger partial charge on any atom is -0.450 e. The van der Waals surface area contributed by atoms with E-state index in [1.165, 1.54) is 0 Å². The summed E-state index contributed by atoms with van der Waals surface area (Å²) in [4.78, 5) is 17.5. The van der Waals surface area contributed by atoms with Crippen LogP contribution in [0.4, 0.5) is 4.79 Å². The van der Waals surface area contributed by atoms with E-state index in [0.29, 0.717) is 12.6 Å². The molecule has 0 aromatic rings. The Labute approximate surface area is 138 Å². The molecule has 1 heterocycles. The van der Waals surface area contributed by atoms with Gasteiger partial charge in [0.05, 0.1) is 6.61 Å². The minimum atomic E-state index is -0.200. The van der Waals surface area contributed by atoms with Gasteiger partial charge in [-0.1, -0.05) is 6.92 Å². The predicted molar refractivity (Wildman–Crippen MR) is 91.8 cm³/mol. The molecule has 0 radical (unpaired) electrons. The summed E-state index contributed by atoms with van der Waals surface area (Å²) in [6.45, 7) is 6.78. The lowest BCUT2D eigenvalue weighted by atomic mass is 10.1. The number of nitrogens with zero attached hydrogens (tertiary/aromatic N) is 2. The number of hydrogen-bond donors (Lipinski definition) is 2. The molecule has 0 unspecified atom stereocenters. The van der Waals surface area contributed by atoms with Crippen LogP contribution in [0.15, 0.2) is 4.99 Å². The average molecular weight is 398 g/mol. The van der Waals surface area contributed by atoms with Crippen molar-refractivity contribution in [3.05, 3.63) is 0 Å². The van der Waals surface area contributed by atoms with Crippen LogP contribution in [-0.2, 0) is 4.74 Å². The van der Waals surface area contributed by atoms with Gasteiger partial charge in [-0.2, -0.15) is 0 Å². The highest BCUT2D eigenvalue weighted by Crippen LogP contribution is 2.11. The van der Waals surface area contributed by atoms with Crippen molar-refractivity contribution in [3.63, 3.8) is 0 Å². The first-order chi connectivity index (χ1) is 9.21. The highest BCUT2D eigenvalue weighted by atomic mass is 127. The van der Waals surface area contributed by atoms with Gasteiger partial charge >= 0.3 is 6.09 Å². The van der Waals surface area contributed by atoms with Gasteiger partial charge in [0.15, 0.2) is 5.96 Å². The second kappa shape index (κ2) is 11.0. The molecule has 1 saturated heterocycles. The van der Waals surface area contributed by atoms with Crippen molar-refractivity contribution in [2.45, 2.75) is 39.2 Å². The second-order valence-electron chi connectivity index (χ2n) is 4.60. The molecular formula is C13H27IN4O2. The van der Waals surface area contributed by atoms with Gasteiger partial charge in [-0.05, 0) is 26.2 Å². The normalized spacial score (nSPS) is 16.4. The Balaban J connectivity index is 0.00000361. The van der Waals surface area contributed by atoms with Crippen LogP contribution in [0.3, 0.4) is 0 Å². The number of amides is 1. The summed E-state index contributed by atoms with van der Waals surface area (Å²) >= 11 is 0. The largest absolute Gasteiger partial charge is 0.450 e. The van der Waals surface area contributed by atoms with Gasteiger partial charge in [0, 0.05) is 32.7 Å². The van der Waals surface area contributed by atoms with Crippen LogP contribution in [0.1, 0.15) is 33.1 Å². The number of guanidine groups is 1. The number of halogens is 1. The lowest BCUT2D eigenvalue weighted by molar-refractivity contribution is 0.0963. The fraction of sp³-hybridized carbons (Fsp3) is 0.846. The maximum Gasteiger partial charge on any atom is 0.409 e. The molecule has 2 N–H and O–H groups in total. The maximum atomic E-state index is 11.6. The summed E-state index contributed by atoms with van der Waals surface area (Å²) in [6.07, 6.45) is 2.72. The summed E-state index contributed by atoms with van der Waals surface area (Å²) < 4.78 is 5.00. The molecule has 6 nitrogen and oxygen atoms in total. The third kappa shape index (κ3) is 6.62. The molecule has 0 aromatic carbocycles. The molecule has 1 rings (SSSR count). The molecule has 20 heavy (non-hydrogen) atoms. The number of ether oxygens (including phenoxy) is 1. The van der Waals surface area contributed by atoms with E-state index in [-0.39, 0.29) is 30.1 Å². The Kier molecular flexibility index (Phi) is 10.6. The Morgan fingerprint density at radius 3 is 2.50 bits per heavy atom. The smallest absolute Gasteiger partial charge is 0.409 e. The molecule has 7 heteroatoms. The first-order valence-electron chi connectivity index (χ1n) is 7.10. The Bertz CT molecular complexity index is 305. The maximum absolute atomic E-state index is 11.6. The van der Waals surface area contributed by atoms with Gasteiger partial charge in [-0.3, -0.25) is 4.99 Å². The molecule has 1 fully saturated rings. The number of likely N-dealkylation sites (tertiary alicyclic amines) is 1. The first kappa shape index (κ1) is 19.3. The molecule has 0 aromatic heterocycles. The van der Waals surface area contributed by atoms with E-state index >= 15 is 0 Å². The summed E-state index contributed by atoms with van der Waals surface area (Å²) in [6, 6.07) is 0.369. The van der Waals surface area contributed by atoms with Crippen LogP contribution >= 0.6 is 24.0 Å². The lowest BCUT2D eigenvalue weighted by Gasteiger charge is -2.32. The number of nitrogens with one attached hydrogen (secondary N) is 2. The van der Waals surface area contributed by atoms with Crippen LogP contribution < -0.4 is 10.6 Å². The van der Waals surface area contributed by atoms with Crippen molar-refractivity contribution in [3.8, 4) is 0 Å². The van der Waals surface area contributed by atoms with Crippen molar-refractivity contribution in [1.29, 1.82) is 0 Å². The number of carbonyl (C=O) groups is 1. The summed E-state index contributed by atoms with van der Waals surface area (Å²) in [5, 5.41) is 6.65. The summed E-state index contributed by atoms with van der Waals surface area (Å²) in [7, 11) is 1.78. The minimum absolute atomic E-state index is 0. The van der Waals surface area contributed by atoms with E-state index in [4.69, 9.17) is 4.74 Å². The third-order valence-electron chi connectivity index (χ3n) is 3.13. The van der Waals surface area contributed by atoms with Crippen molar-refractivity contribution in [2.75, 3.05) is 33.3 Å². The molecule has 1 aliphatic rings. The zero-order chi connectivity index (χ0) is 14.1. The van der Waals surface area contributed by atoms with Crippen LogP contribution in [0.2, 0.25) is 0 Å². The van der Waals surface area contributed by atoms with Crippen LogP contribution in [0, 0.1) is 0 Å². The number of aliphatic imine (C=N–C) groups is 1. The van der Waals surface area contributed by atoms with Crippen molar-refractivity contribution in [1.82, 2.24) is 15.5 Å². The lowest BCUT2D eigenvalue weighted by Crippen LogP contribution is -2.49. The van der Waals surface area contributed by atoms with E-state index < -0.39 is 0 Å². The van der Waals surface area contributed by atoms with Crippen molar-refractivity contribution >= 4 is 36.0 Å². The number of carbonyl (C=O) groups excluding carboxylic acids is 1. The van der Waals surface area contributed by atoms with Crippen LogP contribution in [-0.4, -0.2) is 56.3 Å². The molecular weight excluding hydrogens is 371 g/mol. The Morgan fingerprint density at radius 1 is 1.35 bits per heavy atom. The molecule has 0 saturated carbocycles. The van der Waals surface area contributed by atoms with E-state index in [9.17, 15) is 4.79 Å². The third-order valence-corrected chi connectivity index (χ3v) is 3.13. The fourth-order valence-electron chi connectivity index (χ4n) is 2.05. The van der Waals surface area contributed by atoms with E-state index in [2.05, 4.69) is 22.5 Å². The van der Waals surface area contributed by atoms with Crippen molar-refractivity contribution in [2.24, 2.45) is 4.99 Å². The highest BCUT2D eigenvalue weighted by molar-refractivity contribution is 14.0. The highest BCUT2D eigenvalue weighted by Gasteiger charge is 2.23. The number of piperidine rings is 1. The molecule has 0 spiro atoms. The predicted octanol–water partition coefficient (Wildman–Crippen LogP) is 1.80. The molecule has 0 bridgehead atoms. The topological polar surface area (TPSA) is 66.0 Å². The van der Waals surface area contributed by atoms with E-state index in [1.54, 1.807) is 11.9 Å². The SMILES string of the molecule is CCCNC(=NC)NC1CCN(C(=O)OCC)CC1.I. The van der Waals surface area contributed by atoms with Gasteiger partial charge in [-0.15, -0.1) is 24.0 Å². The summed E-state index contributed by atoms with van der Waals surface area (Å²) in [5.41, 5.74) is 0. The first-order valence-corrected chi connectivity index (χ1v) is 7.10. The van der Waals surface area contributed by atoms with Gasteiger partial charge in [0.2, 0.25) is 0 Å². The van der Waals surface area contributed by atoms with Crippen molar-refractivity contribution < 1.29 is 9.53 Å². The number of hydrogen-bond acceptors (Lipinski definition) is 3. The van der Waals surface area contributed by atoms with Gasteiger partial charge in [0.25, 0.3) is 0 Å². The molecule has 1 aliphatic heterocycles. The van der Waals surface area contributed by atoms with Gasteiger partial charge < -0.3 is 20.3 Å². The fourth-order valence-corrected chi connectivity index (χ4v) is 2.05. The van der Waals surface area contributed by atoms with Crippen LogP contribution in [0.5, 0.6) is 0 Å². The molecule has 0 aliphatic carbocycles. The van der Waals surface area contributed by atoms with Crippen LogP contribution in [0.25, 0.3) is 0 Å². The molecule has 1 amide bonds. The summed E-state index contributed by atoms with van der Waals surface area (Å²) in [5.74, 6) is 0.844. The second-order valence-corrected chi connectivity index (χ2v) is 4.60. The Morgan fingerprint density at radius 2 is 2.00 bits per heavy atom.